The number of fused-ring (bicyclic) bond motifs is 1. The maximum absolute atomic E-state index is 13.1. The molecule has 5 nitrogen and oxygen atoms in total. The first-order valence-electron chi connectivity index (χ1n) is 10.7. The zero-order valence-electron chi connectivity index (χ0n) is 17.2. The summed E-state index contributed by atoms with van der Waals surface area (Å²) >= 11 is 0. The fraction of sp³-hybridized carbons (Fsp3) is 0.417. The van der Waals surface area contributed by atoms with Gasteiger partial charge in [0.1, 0.15) is 32.7 Å². The largest absolute Gasteiger partial charge is 0.333 e. The first kappa shape index (κ1) is 19.6. The molecule has 2 aromatic rings. The van der Waals surface area contributed by atoms with E-state index in [-0.39, 0.29) is 6.04 Å². The lowest BCUT2D eigenvalue weighted by molar-refractivity contribution is -1.02. The SMILES string of the molecule is C[C@@H](C(=O)N1CCc2ccccc2C1)[NH+]1CC[NH+](Cc2ccc(C#N)cc2)CC1. The Morgan fingerprint density at radius 3 is 2.45 bits per heavy atom. The number of carbonyl (C=O) groups is 1. The second-order valence-corrected chi connectivity index (χ2v) is 8.39. The van der Waals surface area contributed by atoms with Gasteiger partial charge < -0.3 is 14.7 Å². The number of nitriles is 1. The highest BCUT2D eigenvalue weighted by Gasteiger charge is 2.34. The lowest BCUT2D eigenvalue weighted by Crippen LogP contribution is -3.29. The normalized spacial score (nSPS) is 22.4. The molecule has 1 atom stereocenters. The van der Waals surface area contributed by atoms with Gasteiger partial charge in [0.2, 0.25) is 0 Å². The summed E-state index contributed by atoms with van der Waals surface area (Å²) in [5, 5.41) is 8.93. The third-order valence-electron chi connectivity index (χ3n) is 6.56. The van der Waals surface area contributed by atoms with Crippen molar-refractivity contribution in [1.82, 2.24) is 4.90 Å². The van der Waals surface area contributed by atoms with Crippen LogP contribution in [-0.2, 0) is 24.3 Å². The Kier molecular flexibility index (Phi) is 5.94. The number of nitrogens with one attached hydrogen (secondary N) is 2. The predicted molar refractivity (Wildman–Crippen MR) is 111 cm³/mol. The van der Waals surface area contributed by atoms with Crippen molar-refractivity contribution in [1.29, 1.82) is 5.26 Å². The highest BCUT2D eigenvalue weighted by molar-refractivity contribution is 5.80. The van der Waals surface area contributed by atoms with Crippen LogP contribution in [0, 0.1) is 11.3 Å². The van der Waals surface area contributed by atoms with E-state index in [9.17, 15) is 4.79 Å². The molecular formula is C24H30N4O+2. The monoisotopic (exact) mass is 390 g/mol. The smallest absolute Gasteiger partial charge is 0.280 e. The molecule has 2 aliphatic heterocycles. The number of hydrogen-bond donors (Lipinski definition) is 2. The maximum atomic E-state index is 13.1. The molecule has 4 rings (SSSR count). The van der Waals surface area contributed by atoms with Gasteiger partial charge in [-0.25, -0.2) is 0 Å². The van der Waals surface area contributed by atoms with Gasteiger partial charge in [0.15, 0.2) is 6.04 Å². The minimum Gasteiger partial charge on any atom is -0.333 e. The second-order valence-electron chi connectivity index (χ2n) is 8.39. The molecule has 0 aliphatic carbocycles. The maximum Gasteiger partial charge on any atom is 0.280 e. The van der Waals surface area contributed by atoms with Crippen LogP contribution in [0.1, 0.15) is 29.2 Å². The average Bonchev–Trinajstić information content (AvgIpc) is 2.79. The Hall–Kier alpha value is -2.68. The molecule has 2 aliphatic rings. The summed E-state index contributed by atoms with van der Waals surface area (Å²) in [4.78, 5) is 18.1. The van der Waals surface area contributed by atoms with Gasteiger partial charge in [-0.05, 0) is 36.6 Å². The van der Waals surface area contributed by atoms with Crippen molar-refractivity contribution in [2.45, 2.75) is 32.5 Å². The van der Waals surface area contributed by atoms with Crippen LogP contribution in [0.2, 0.25) is 0 Å². The summed E-state index contributed by atoms with van der Waals surface area (Å²) in [6, 6.07) is 18.6. The van der Waals surface area contributed by atoms with Crippen LogP contribution in [0.3, 0.4) is 0 Å². The van der Waals surface area contributed by atoms with E-state index in [0.717, 1.165) is 52.2 Å². The number of piperazine rings is 1. The summed E-state index contributed by atoms with van der Waals surface area (Å²) in [7, 11) is 0. The molecule has 5 heteroatoms. The van der Waals surface area contributed by atoms with Gasteiger partial charge in [0.05, 0.1) is 11.6 Å². The molecular weight excluding hydrogens is 360 g/mol. The molecule has 1 amide bonds. The van der Waals surface area contributed by atoms with E-state index >= 15 is 0 Å². The summed E-state index contributed by atoms with van der Waals surface area (Å²) in [6.07, 6.45) is 0.965. The van der Waals surface area contributed by atoms with Crippen molar-refractivity contribution >= 4 is 5.91 Å². The van der Waals surface area contributed by atoms with Crippen LogP contribution in [0.15, 0.2) is 48.5 Å². The predicted octanol–water partition coefficient (Wildman–Crippen LogP) is -0.185. The van der Waals surface area contributed by atoms with Gasteiger partial charge in [-0.3, -0.25) is 4.79 Å². The van der Waals surface area contributed by atoms with Crippen molar-refractivity contribution in [3.63, 3.8) is 0 Å². The number of benzene rings is 2. The summed E-state index contributed by atoms with van der Waals surface area (Å²) in [5.74, 6) is 0.296. The first-order chi connectivity index (χ1) is 14.1. The number of amides is 1. The van der Waals surface area contributed by atoms with Crippen molar-refractivity contribution < 1.29 is 14.6 Å². The molecule has 0 saturated carbocycles. The minimum absolute atomic E-state index is 0.0247. The standard InChI is InChI=1S/C24H28N4O/c1-19(24(29)28-11-10-22-4-2-3-5-23(22)18-28)27-14-12-26(13-15-27)17-21-8-6-20(16-25)7-9-21/h2-9,19H,10-15,17-18H2,1H3/p+2/t19-/m0/s1. The van der Waals surface area contributed by atoms with Crippen LogP contribution in [0.25, 0.3) is 0 Å². The molecule has 0 bridgehead atoms. The summed E-state index contributed by atoms with van der Waals surface area (Å²) in [6.45, 7) is 8.90. The van der Waals surface area contributed by atoms with Crippen LogP contribution >= 0.6 is 0 Å². The zero-order valence-corrected chi connectivity index (χ0v) is 17.2. The van der Waals surface area contributed by atoms with Crippen LogP contribution in [0.5, 0.6) is 0 Å². The Morgan fingerprint density at radius 2 is 1.76 bits per heavy atom. The number of carbonyl (C=O) groups excluding carboxylic acids is 1. The molecule has 150 valence electrons. The van der Waals surface area contributed by atoms with Crippen molar-refractivity contribution in [3.8, 4) is 6.07 Å². The van der Waals surface area contributed by atoms with Gasteiger partial charge in [-0.2, -0.15) is 5.26 Å². The van der Waals surface area contributed by atoms with Crippen LogP contribution in [-0.4, -0.2) is 49.6 Å². The van der Waals surface area contributed by atoms with Gasteiger partial charge in [0, 0.05) is 18.7 Å². The Bertz CT molecular complexity index is 894. The summed E-state index contributed by atoms with van der Waals surface area (Å²) < 4.78 is 0. The van der Waals surface area contributed by atoms with Crippen LogP contribution < -0.4 is 9.80 Å². The Balaban J connectivity index is 1.29. The molecule has 0 unspecified atom stereocenters. The molecule has 2 heterocycles. The van der Waals surface area contributed by atoms with Crippen LogP contribution in [0.4, 0.5) is 0 Å². The molecule has 0 spiro atoms. The quantitative estimate of drug-likeness (QED) is 0.761. The average molecular weight is 391 g/mol. The van der Waals surface area contributed by atoms with Crippen molar-refractivity contribution in [2.75, 3.05) is 32.7 Å². The van der Waals surface area contributed by atoms with E-state index in [1.807, 2.05) is 12.1 Å². The number of rotatable bonds is 4. The lowest BCUT2D eigenvalue weighted by Gasteiger charge is -2.36. The van der Waals surface area contributed by atoms with Gasteiger partial charge in [-0.1, -0.05) is 36.4 Å². The van der Waals surface area contributed by atoms with E-state index in [4.69, 9.17) is 5.26 Å². The molecule has 29 heavy (non-hydrogen) atoms. The molecule has 2 N–H and O–H groups in total. The van der Waals surface area contributed by atoms with E-state index in [2.05, 4.69) is 54.3 Å². The van der Waals surface area contributed by atoms with Gasteiger partial charge in [0.25, 0.3) is 5.91 Å². The molecule has 0 aromatic heterocycles. The minimum atomic E-state index is 0.0247. The van der Waals surface area contributed by atoms with E-state index in [1.54, 1.807) is 4.90 Å². The lowest BCUT2D eigenvalue weighted by atomic mass is 9.99. The van der Waals surface area contributed by atoms with E-state index < -0.39 is 0 Å². The number of nitrogens with zero attached hydrogens (tertiary/aromatic N) is 2. The fourth-order valence-electron chi connectivity index (χ4n) is 4.65. The third kappa shape index (κ3) is 4.50. The fourth-order valence-corrected chi connectivity index (χ4v) is 4.65. The molecule has 1 fully saturated rings. The first-order valence-corrected chi connectivity index (χ1v) is 10.7. The summed E-state index contributed by atoms with van der Waals surface area (Å²) in [5.41, 5.74) is 4.67. The topological polar surface area (TPSA) is 53.0 Å². The van der Waals surface area contributed by atoms with Gasteiger partial charge >= 0.3 is 0 Å². The van der Waals surface area contributed by atoms with E-state index in [1.165, 1.54) is 21.6 Å². The van der Waals surface area contributed by atoms with E-state index in [0.29, 0.717) is 11.5 Å². The Labute approximate surface area is 173 Å². The highest BCUT2D eigenvalue weighted by atomic mass is 16.2. The molecule has 1 saturated heterocycles. The second kappa shape index (κ2) is 8.77. The molecule has 0 radical (unpaired) electrons. The van der Waals surface area contributed by atoms with Gasteiger partial charge in [-0.15, -0.1) is 0 Å². The third-order valence-corrected chi connectivity index (χ3v) is 6.56. The highest BCUT2D eigenvalue weighted by Crippen LogP contribution is 2.18. The molecule has 2 aromatic carbocycles. The number of quaternary nitrogens is 2. The Morgan fingerprint density at radius 1 is 1.07 bits per heavy atom. The van der Waals surface area contributed by atoms with Crippen molar-refractivity contribution in [3.05, 3.63) is 70.8 Å². The zero-order chi connectivity index (χ0) is 20.2. The van der Waals surface area contributed by atoms with Crippen molar-refractivity contribution in [2.24, 2.45) is 0 Å². The number of hydrogen-bond acceptors (Lipinski definition) is 2.